The van der Waals surface area contributed by atoms with Crippen molar-refractivity contribution in [3.63, 3.8) is 0 Å². The van der Waals surface area contributed by atoms with Gasteiger partial charge in [0.15, 0.2) is 0 Å². The molecule has 8 heteroatoms. The Bertz CT molecular complexity index is 1110. The van der Waals surface area contributed by atoms with Crippen LogP contribution in [0.25, 0.3) is 16.6 Å². The molecule has 1 aromatic heterocycles. The van der Waals surface area contributed by atoms with E-state index in [9.17, 15) is 18.4 Å². The van der Waals surface area contributed by atoms with E-state index >= 15 is 0 Å². The van der Waals surface area contributed by atoms with Gasteiger partial charge in [0.25, 0.3) is 5.56 Å². The van der Waals surface area contributed by atoms with Gasteiger partial charge in [-0.05, 0) is 45.0 Å². The lowest BCUT2D eigenvalue weighted by Crippen LogP contribution is -2.34. The average Bonchev–Trinajstić information content (AvgIpc) is 2.64. The normalized spacial score (nSPS) is 11.5. The second kappa shape index (κ2) is 7.98. The van der Waals surface area contributed by atoms with E-state index in [1.165, 1.54) is 4.57 Å². The third-order valence-corrected chi connectivity index (χ3v) is 4.02. The number of carbonyl (C=O) groups excluding carboxylic acids is 1. The van der Waals surface area contributed by atoms with Crippen LogP contribution in [0, 0.1) is 11.6 Å². The zero-order chi connectivity index (χ0) is 21.2. The molecule has 0 aliphatic heterocycles. The first-order chi connectivity index (χ1) is 13.7. The van der Waals surface area contributed by atoms with Crippen molar-refractivity contribution in [2.45, 2.75) is 32.8 Å². The molecule has 29 heavy (non-hydrogen) atoms. The topological polar surface area (TPSA) is 73.2 Å². The van der Waals surface area contributed by atoms with Crippen molar-refractivity contribution in [3.05, 3.63) is 70.3 Å². The summed E-state index contributed by atoms with van der Waals surface area (Å²) in [5.74, 6) is -1.45. The number of rotatable bonds is 4. The maximum atomic E-state index is 14.3. The SMILES string of the molecule is CC(C)(C)OC(=O)NCCc1nc2c(F)ccc(F)c2c(=O)n1-c1ccccc1. The standard InChI is InChI=1S/C21H21F2N3O3/c1-21(2,3)29-20(28)24-12-11-16-25-18-15(23)10-9-14(22)17(18)19(27)26(16)13-7-5-4-6-8-13/h4-10H,11-12H2,1-3H3,(H,24,28). The number of carbonyl (C=O) groups is 1. The lowest BCUT2D eigenvalue weighted by atomic mass is 10.2. The van der Waals surface area contributed by atoms with Gasteiger partial charge in [-0.2, -0.15) is 0 Å². The third-order valence-electron chi connectivity index (χ3n) is 4.02. The number of hydrogen-bond donors (Lipinski definition) is 1. The summed E-state index contributed by atoms with van der Waals surface area (Å²) in [4.78, 5) is 29.1. The molecular weight excluding hydrogens is 380 g/mol. The number of hydrogen-bond acceptors (Lipinski definition) is 4. The number of alkyl carbamates (subject to hydrolysis) is 1. The summed E-state index contributed by atoms with van der Waals surface area (Å²) in [6, 6.07) is 10.4. The van der Waals surface area contributed by atoms with Crippen LogP contribution in [0.4, 0.5) is 13.6 Å². The molecule has 0 spiro atoms. The minimum Gasteiger partial charge on any atom is -0.444 e. The Morgan fingerprint density at radius 2 is 1.76 bits per heavy atom. The maximum Gasteiger partial charge on any atom is 0.407 e. The van der Waals surface area contributed by atoms with E-state index < -0.39 is 34.3 Å². The van der Waals surface area contributed by atoms with Gasteiger partial charge in [0, 0.05) is 13.0 Å². The molecule has 0 aliphatic rings. The molecule has 6 nitrogen and oxygen atoms in total. The Morgan fingerprint density at radius 3 is 2.41 bits per heavy atom. The number of aromatic nitrogens is 2. The van der Waals surface area contributed by atoms with Crippen molar-refractivity contribution >= 4 is 17.0 Å². The number of ether oxygens (including phenoxy) is 1. The fraction of sp³-hybridized carbons (Fsp3) is 0.286. The van der Waals surface area contributed by atoms with E-state index in [4.69, 9.17) is 4.74 Å². The summed E-state index contributed by atoms with van der Waals surface area (Å²) in [7, 11) is 0. The van der Waals surface area contributed by atoms with Crippen LogP contribution in [0.1, 0.15) is 26.6 Å². The van der Waals surface area contributed by atoms with Crippen molar-refractivity contribution in [2.24, 2.45) is 0 Å². The van der Waals surface area contributed by atoms with E-state index in [1.807, 2.05) is 0 Å². The maximum absolute atomic E-state index is 14.3. The number of benzene rings is 2. The lowest BCUT2D eigenvalue weighted by molar-refractivity contribution is 0.0528. The van der Waals surface area contributed by atoms with Crippen LogP contribution >= 0.6 is 0 Å². The summed E-state index contributed by atoms with van der Waals surface area (Å²) in [5, 5.41) is 2.16. The van der Waals surface area contributed by atoms with Gasteiger partial charge in [0.05, 0.1) is 5.69 Å². The van der Waals surface area contributed by atoms with Gasteiger partial charge >= 0.3 is 6.09 Å². The van der Waals surface area contributed by atoms with Gasteiger partial charge in [0.1, 0.15) is 34.0 Å². The average molecular weight is 401 g/mol. The molecule has 1 amide bonds. The smallest absolute Gasteiger partial charge is 0.407 e. The molecule has 0 saturated heterocycles. The van der Waals surface area contributed by atoms with Crippen LogP contribution in [0.3, 0.4) is 0 Å². The molecule has 0 fully saturated rings. The van der Waals surface area contributed by atoms with Crippen molar-refractivity contribution in [1.82, 2.24) is 14.9 Å². The van der Waals surface area contributed by atoms with Gasteiger partial charge < -0.3 is 10.1 Å². The number of nitrogens with one attached hydrogen (secondary N) is 1. The second-order valence-electron chi connectivity index (χ2n) is 7.44. The van der Waals surface area contributed by atoms with Gasteiger partial charge in [-0.15, -0.1) is 0 Å². The summed E-state index contributed by atoms with van der Waals surface area (Å²) >= 11 is 0. The van der Waals surface area contributed by atoms with E-state index in [1.54, 1.807) is 51.1 Å². The summed E-state index contributed by atoms with van der Waals surface area (Å²) in [6.07, 6.45) is -0.515. The molecule has 0 aliphatic carbocycles. The summed E-state index contributed by atoms with van der Waals surface area (Å²) < 4.78 is 34.9. The highest BCUT2D eigenvalue weighted by Gasteiger charge is 2.19. The highest BCUT2D eigenvalue weighted by Crippen LogP contribution is 2.19. The van der Waals surface area contributed by atoms with E-state index in [0.29, 0.717) is 5.69 Å². The highest BCUT2D eigenvalue weighted by atomic mass is 19.1. The minimum absolute atomic E-state index is 0.0939. The molecule has 3 rings (SSSR count). The van der Waals surface area contributed by atoms with Gasteiger partial charge in [-0.3, -0.25) is 9.36 Å². The fourth-order valence-electron chi connectivity index (χ4n) is 2.86. The number of fused-ring (bicyclic) bond motifs is 1. The number of nitrogens with zero attached hydrogens (tertiary/aromatic N) is 2. The Labute approximate surface area is 166 Å². The van der Waals surface area contributed by atoms with Crippen LogP contribution in [0.2, 0.25) is 0 Å². The Morgan fingerprint density at radius 1 is 1.10 bits per heavy atom. The molecule has 3 aromatic rings. The van der Waals surface area contributed by atoms with Crippen LogP contribution in [0.15, 0.2) is 47.3 Å². The molecule has 1 heterocycles. The van der Waals surface area contributed by atoms with Crippen LogP contribution < -0.4 is 10.9 Å². The predicted molar refractivity (Wildman–Crippen MR) is 105 cm³/mol. The zero-order valence-electron chi connectivity index (χ0n) is 16.3. The fourth-order valence-corrected chi connectivity index (χ4v) is 2.86. The highest BCUT2D eigenvalue weighted by molar-refractivity contribution is 5.79. The van der Waals surface area contributed by atoms with Gasteiger partial charge in [-0.1, -0.05) is 18.2 Å². The van der Waals surface area contributed by atoms with Crippen molar-refractivity contribution < 1.29 is 18.3 Å². The molecule has 2 aromatic carbocycles. The molecule has 1 N–H and O–H groups in total. The third kappa shape index (κ3) is 4.59. The van der Waals surface area contributed by atoms with Crippen LogP contribution in [0.5, 0.6) is 0 Å². The van der Waals surface area contributed by atoms with Gasteiger partial charge in [-0.25, -0.2) is 18.6 Å². The first kappa shape index (κ1) is 20.4. The minimum atomic E-state index is -0.845. The molecule has 0 bridgehead atoms. The molecule has 152 valence electrons. The number of halogens is 2. The second-order valence-corrected chi connectivity index (χ2v) is 7.44. The van der Waals surface area contributed by atoms with Crippen molar-refractivity contribution in [3.8, 4) is 5.69 Å². The number of para-hydroxylation sites is 1. The van der Waals surface area contributed by atoms with Crippen LogP contribution in [-0.4, -0.2) is 27.8 Å². The Balaban J connectivity index is 2.02. The molecule has 0 saturated carbocycles. The summed E-state index contributed by atoms with van der Waals surface area (Å²) in [5.41, 5.74) is -1.25. The van der Waals surface area contributed by atoms with E-state index in [-0.39, 0.29) is 24.3 Å². The number of amides is 1. The summed E-state index contributed by atoms with van der Waals surface area (Å²) in [6.45, 7) is 5.31. The van der Waals surface area contributed by atoms with Gasteiger partial charge in [0.2, 0.25) is 0 Å². The first-order valence-corrected chi connectivity index (χ1v) is 9.09. The Kier molecular flexibility index (Phi) is 5.63. The van der Waals surface area contributed by atoms with Crippen molar-refractivity contribution in [1.29, 1.82) is 0 Å². The first-order valence-electron chi connectivity index (χ1n) is 9.09. The largest absolute Gasteiger partial charge is 0.444 e. The molecule has 0 atom stereocenters. The zero-order valence-corrected chi connectivity index (χ0v) is 16.3. The van der Waals surface area contributed by atoms with E-state index in [0.717, 1.165) is 12.1 Å². The lowest BCUT2D eigenvalue weighted by Gasteiger charge is -2.20. The monoisotopic (exact) mass is 401 g/mol. The predicted octanol–water partition coefficient (Wildman–Crippen LogP) is 3.73. The Hall–Kier alpha value is -3.29. The van der Waals surface area contributed by atoms with E-state index in [2.05, 4.69) is 10.3 Å². The molecule has 0 radical (unpaired) electrons. The van der Waals surface area contributed by atoms with Crippen molar-refractivity contribution in [2.75, 3.05) is 6.54 Å². The van der Waals surface area contributed by atoms with Crippen LogP contribution in [-0.2, 0) is 11.2 Å². The molecular formula is C21H21F2N3O3. The quantitative estimate of drug-likeness (QED) is 0.723. The molecule has 0 unspecified atom stereocenters.